The lowest BCUT2D eigenvalue weighted by Gasteiger charge is -2.37. The van der Waals surface area contributed by atoms with E-state index >= 15 is 0 Å². The molecule has 0 radical (unpaired) electrons. The summed E-state index contributed by atoms with van der Waals surface area (Å²) < 4.78 is 12.5. The van der Waals surface area contributed by atoms with Gasteiger partial charge >= 0.3 is 6.09 Å². The van der Waals surface area contributed by atoms with Gasteiger partial charge in [0.05, 0.1) is 23.3 Å². The Morgan fingerprint density at radius 2 is 1.64 bits per heavy atom. The molecule has 0 unspecified atom stereocenters. The van der Waals surface area contributed by atoms with Crippen molar-refractivity contribution in [3.8, 4) is 0 Å². The molecular formula is C32H48N2O5. The van der Waals surface area contributed by atoms with Gasteiger partial charge in [-0.25, -0.2) is 4.79 Å². The van der Waals surface area contributed by atoms with Crippen molar-refractivity contribution in [3.05, 3.63) is 35.4 Å². The number of imide groups is 1. The van der Waals surface area contributed by atoms with Crippen LogP contribution in [-0.4, -0.2) is 57.7 Å². The summed E-state index contributed by atoms with van der Waals surface area (Å²) in [5.74, 6) is 0.718. The average Bonchev–Trinajstić information content (AvgIpc) is 3.24. The third kappa shape index (κ3) is 6.67. The monoisotopic (exact) mass is 540 g/mol. The number of rotatable bonds is 8. The maximum Gasteiger partial charge on any atom is 0.412 e. The molecule has 2 heterocycles. The van der Waals surface area contributed by atoms with Crippen LogP contribution in [0.1, 0.15) is 121 Å². The zero-order valence-electron chi connectivity index (χ0n) is 25.0. The molecule has 0 N–H and O–H groups in total. The van der Waals surface area contributed by atoms with Crippen LogP contribution in [0.4, 0.5) is 4.79 Å². The van der Waals surface area contributed by atoms with E-state index in [1.807, 2.05) is 39.5 Å². The van der Waals surface area contributed by atoms with E-state index in [0.29, 0.717) is 35.9 Å². The number of nitrogens with zero attached hydrogens (tertiary/aromatic N) is 2. The van der Waals surface area contributed by atoms with Crippen molar-refractivity contribution in [1.82, 2.24) is 9.80 Å². The van der Waals surface area contributed by atoms with E-state index in [2.05, 4.69) is 13.8 Å². The van der Waals surface area contributed by atoms with Crippen LogP contribution in [0.25, 0.3) is 0 Å². The van der Waals surface area contributed by atoms with E-state index < -0.39 is 11.3 Å². The number of benzene rings is 1. The van der Waals surface area contributed by atoms with Crippen molar-refractivity contribution in [3.63, 3.8) is 0 Å². The van der Waals surface area contributed by atoms with Crippen LogP contribution < -0.4 is 0 Å². The number of carbonyl (C=O) groups excluding carboxylic acids is 3. The summed E-state index contributed by atoms with van der Waals surface area (Å²) in [5, 5.41) is 0. The van der Waals surface area contributed by atoms with Crippen LogP contribution in [0.2, 0.25) is 0 Å². The Balaban J connectivity index is 1.51. The molecule has 7 heteroatoms. The van der Waals surface area contributed by atoms with E-state index in [-0.39, 0.29) is 36.0 Å². The van der Waals surface area contributed by atoms with Gasteiger partial charge in [0.15, 0.2) is 0 Å². The lowest BCUT2D eigenvalue weighted by molar-refractivity contribution is -0.0831. The third-order valence-electron chi connectivity index (χ3n) is 8.75. The smallest absolute Gasteiger partial charge is 0.412 e. The van der Waals surface area contributed by atoms with Crippen molar-refractivity contribution in [2.75, 3.05) is 6.54 Å². The first-order valence-corrected chi connectivity index (χ1v) is 14.9. The van der Waals surface area contributed by atoms with Gasteiger partial charge in [-0.05, 0) is 83.8 Å². The van der Waals surface area contributed by atoms with Crippen LogP contribution >= 0.6 is 0 Å². The Morgan fingerprint density at radius 1 is 1.05 bits per heavy atom. The highest BCUT2D eigenvalue weighted by Crippen LogP contribution is 2.42. The fourth-order valence-corrected chi connectivity index (χ4v) is 6.72. The molecule has 2 aliphatic heterocycles. The highest BCUT2D eigenvalue weighted by molar-refractivity contribution is 6.21. The second-order valence-electron chi connectivity index (χ2n) is 13.6. The quantitative estimate of drug-likeness (QED) is 0.330. The van der Waals surface area contributed by atoms with Crippen LogP contribution in [0, 0.1) is 17.8 Å². The topological polar surface area (TPSA) is 76.2 Å². The highest BCUT2D eigenvalue weighted by Gasteiger charge is 2.52. The predicted molar refractivity (Wildman–Crippen MR) is 151 cm³/mol. The first-order valence-electron chi connectivity index (χ1n) is 14.9. The molecule has 3 amide bonds. The lowest BCUT2D eigenvalue weighted by atomic mass is 9.80. The first-order chi connectivity index (χ1) is 18.3. The summed E-state index contributed by atoms with van der Waals surface area (Å²) in [6.45, 7) is 14.4. The van der Waals surface area contributed by atoms with E-state index in [1.165, 1.54) is 37.0 Å². The van der Waals surface area contributed by atoms with E-state index in [9.17, 15) is 14.4 Å². The molecule has 1 saturated carbocycles. The van der Waals surface area contributed by atoms with Crippen molar-refractivity contribution in [2.24, 2.45) is 17.8 Å². The van der Waals surface area contributed by atoms with Crippen LogP contribution in [0.5, 0.6) is 0 Å². The Morgan fingerprint density at radius 3 is 2.18 bits per heavy atom. The predicted octanol–water partition coefficient (Wildman–Crippen LogP) is 7.05. The molecule has 3 atom stereocenters. The first kappa shape index (κ1) is 29.6. The maximum absolute atomic E-state index is 13.5. The number of ether oxygens (including phenoxy) is 2. The molecule has 0 aromatic heterocycles. The van der Waals surface area contributed by atoms with Crippen LogP contribution in [-0.2, 0) is 9.47 Å². The molecule has 1 saturated heterocycles. The van der Waals surface area contributed by atoms with E-state index in [0.717, 1.165) is 12.8 Å². The molecule has 1 aliphatic carbocycles. The number of fused-ring (bicyclic) bond motifs is 1. The van der Waals surface area contributed by atoms with Crippen LogP contribution in [0.15, 0.2) is 24.3 Å². The van der Waals surface area contributed by atoms with Crippen molar-refractivity contribution >= 4 is 17.9 Å². The SMILES string of the molecule is CC(C)[C@@H](CCN1C(=O)c2ccccc2C1=O)C[C@@H]1OC(C)(C)N(C(=O)OC(C)(C)C)[C@H]1CC1CCCCC1. The van der Waals surface area contributed by atoms with Gasteiger partial charge in [0.25, 0.3) is 11.8 Å². The number of hydrogen-bond acceptors (Lipinski definition) is 5. The molecule has 7 nitrogen and oxygen atoms in total. The molecule has 3 aliphatic rings. The van der Waals surface area contributed by atoms with Gasteiger partial charge < -0.3 is 9.47 Å². The minimum atomic E-state index is -0.781. The summed E-state index contributed by atoms with van der Waals surface area (Å²) in [6.07, 6.45) is 8.09. The fourth-order valence-electron chi connectivity index (χ4n) is 6.72. The van der Waals surface area contributed by atoms with Crippen molar-refractivity contribution in [2.45, 2.75) is 123 Å². The van der Waals surface area contributed by atoms with Gasteiger partial charge in [-0.3, -0.25) is 19.4 Å². The van der Waals surface area contributed by atoms with Gasteiger partial charge in [-0.15, -0.1) is 0 Å². The molecule has 2 fully saturated rings. The minimum Gasteiger partial charge on any atom is -0.444 e. The van der Waals surface area contributed by atoms with Gasteiger partial charge in [0.1, 0.15) is 11.3 Å². The molecule has 4 rings (SSSR count). The second kappa shape index (κ2) is 11.6. The van der Waals surface area contributed by atoms with Gasteiger partial charge in [0.2, 0.25) is 0 Å². The van der Waals surface area contributed by atoms with Crippen molar-refractivity contribution < 1.29 is 23.9 Å². The summed E-state index contributed by atoms with van der Waals surface area (Å²) in [4.78, 5) is 42.7. The normalized spacial score (nSPS) is 24.4. The molecule has 216 valence electrons. The Labute approximate surface area is 234 Å². The van der Waals surface area contributed by atoms with E-state index in [1.54, 1.807) is 24.3 Å². The third-order valence-corrected chi connectivity index (χ3v) is 8.75. The Bertz CT molecular complexity index is 1020. The number of hydrogen-bond donors (Lipinski definition) is 0. The average molecular weight is 541 g/mol. The molecule has 1 aromatic carbocycles. The standard InChI is InChI=1S/C32H48N2O5/c1-21(2)23(17-18-33-28(35)24-15-11-12-16-25(24)29(33)36)20-27-26(19-22-13-9-8-10-14-22)34(32(6,7)38-27)30(37)39-31(3,4)5/h11-12,15-16,21-23,26-27H,8-10,13-14,17-20H2,1-7H3/t23-,26-,27-/m0/s1. The van der Waals surface area contributed by atoms with Gasteiger partial charge in [0, 0.05) is 6.54 Å². The molecular weight excluding hydrogens is 492 g/mol. The summed E-state index contributed by atoms with van der Waals surface area (Å²) in [7, 11) is 0. The highest BCUT2D eigenvalue weighted by atomic mass is 16.6. The fraction of sp³-hybridized carbons (Fsp3) is 0.719. The Hall–Kier alpha value is -2.41. The number of carbonyl (C=O) groups is 3. The zero-order valence-corrected chi connectivity index (χ0v) is 25.0. The molecule has 39 heavy (non-hydrogen) atoms. The lowest BCUT2D eigenvalue weighted by Crippen LogP contribution is -2.51. The summed E-state index contributed by atoms with van der Waals surface area (Å²) in [6, 6.07) is 6.98. The maximum atomic E-state index is 13.5. The minimum absolute atomic E-state index is 0.0708. The largest absolute Gasteiger partial charge is 0.444 e. The van der Waals surface area contributed by atoms with E-state index in [4.69, 9.17) is 9.47 Å². The van der Waals surface area contributed by atoms with Gasteiger partial charge in [-0.2, -0.15) is 0 Å². The van der Waals surface area contributed by atoms with Gasteiger partial charge in [-0.1, -0.05) is 58.1 Å². The molecule has 0 spiro atoms. The van der Waals surface area contributed by atoms with Crippen LogP contribution in [0.3, 0.4) is 0 Å². The zero-order chi connectivity index (χ0) is 28.5. The second-order valence-corrected chi connectivity index (χ2v) is 13.6. The molecule has 1 aromatic rings. The summed E-state index contributed by atoms with van der Waals surface area (Å²) in [5.41, 5.74) is -0.390. The Kier molecular flexibility index (Phi) is 8.79. The summed E-state index contributed by atoms with van der Waals surface area (Å²) >= 11 is 0. The number of amides is 3. The molecule has 0 bridgehead atoms. The van der Waals surface area contributed by atoms with Crippen molar-refractivity contribution in [1.29, 1.82) is 0 Å².